The van der Waals surface area contributed by atoms with Crippen LogP contribution in [0.1, 0.15) is 39.0 Å². The van der Waals surface area contributed by atoms with E-state index in [4.69, 9.17) is 0 Å². The monoisotopic (exact) mass is 250 g/mol. The molecule has 0 aromatic rings. The summed E-state index contributed by atoms with van der Waals surface area (Å²) < 4.78 is 1.27. The summed E-state index contributed by atoms with van der Waals surface area (Å²) in [5.41, 5.74) is 0. The molecule has 0 aliphatic rings. The largest absolute Gasteiger partial charge is 0.103 e. The molecule has 0 aromatic carbocycles. The average molecular weight is 250 g/mol. The molecule has 0 N–H and O–H groups in total. The van der Waals surface area contributed by atoms with Gasteiger partial charge in [-0.05, 0) is 23.7 Å². The summed E-state index contributed by atoms with van der Waals surface area (Å²) in [6.45, 7) is 2.17. The van der Waals surface area contributed by atoms with Gasteiger partial charge in [-0.25, -0.2) is 0 Å². The Balaban J connectivity index is 2.96. The van der Waals surface area contributed by atoms with Crippen molar-refractivity contribution in [3.8, 4) is 11.8 Å². The number of halogens is 1. The highest BCUT2D eigenvalue weighted by Gasteiger charge is 1.80. The maximum Gasteiger partial charge on any atom is 0.00889 e. The van der Waals surface area contributed by atoms with E-state index in [2.05, 4.69) is 41.4 Å². The molecule has 0 bridgehead atoms. The molecule has 1 heteroatoms. The quantitative estimate of drug-likeness (QED) is 0.310. The van der Waals surface area contributed by atoms with E-state index in [9.17, 15) is 0 Å². The Kier molecular flexibility index (Phi) is 9.56. The molecule has 0 amide bonds. The predicted molar refractivity (Wildman–Crippen MR) is 55.4 cm³/mol. The van der Waals surface area contributed by atoms with E-state index in [1.807, 2.05) is 0 Å². The fraction of sp³-hybridized carbons (Fsp3) is 0.778. The summed E-state index contributed by atoms with van der Waals surface area (Å²) in [4.78, 5) is 0. The van der Waals surface area contributed by atoms with E-state index in [-0.39, 0.29) is 0 Å². The van der Waals surface area contributed by atoms with Crippen molar-refractivity contribution in [2.24, 2.45) is 0 Å². The minimum absolute atomic E-state index is 1.07. The van der Waals surface area contributed by atoms with Crippen molar-refractivity contribution >= 4 is 22.6 Å². The molecule has 0 spiro atoms. The van der Waals surface area contributed by atoms with Crippen LogP contribution in [0.4, 0.5) is 0 Å². The molecule has 10 heavy (non-hydrogen) atoms. The molecular weight excluding hydrogens is 235 g/mol. The van der Waals surface area contributed by atoms with Crippen molar-refractivity contribution in [2.45, 2.75) is 39.0 Å². The second kappa shape index (κ2) is 9.29. The standard InChI is InChI=1S/C9H15I/c1-2-3-4-5-6-7-8-9-10/h2-3,6-9H2,1H3. The van der Waals surface area contributed by atoms with Crippen molar-refractivity contribution < 1.29 is 0 Å². The maximum absolute atomic E-state index is 3.17. The third kappa shape index (κ3) is 8.29. The van der Waals surface area contributed by atoms with E-state index in [1.165, 1.54) is 23.7 Å². The first-order chi connectivity index (χ1) is 4.91. The topological polar surface area (TPSA) is 0 Å². The van der Waals surface area contributed by atoms with Crippen LogP contribution < -0.4 is 0 Å². The Labute approximate surface area is 77.9 Å². The normalized spacial score (nSPS) is 8.60. The number of alkyl halides is 1. The molecule has 0 atom stereocenters. The average Bonchev–Trinajstić information content (AvgIpc) is 1.97. The van der Waals surface area contributed by atoms with Crippen molar-refractivity contribution in [2.75, 3.05) is 4.43 Å². The second-order valence-corrected chi connectivity index (χ2v) is 3.33. The molecule has 0 aliphatic carbocycles. The second-order valence-electron chi connectivity index (χ2n) is 2.25. The van der Waals surface area contributed by atoms with E-state index >= 15 is 0 Å². The highest BCUT2D eigenvalue weighted by molar-refractivity contribution is 14.1. The Bertz CT molecular complexity index is 108. The first-order valence-corrected chi connectivity index (χ1v) is 5.46. The molecule has 0 nitrogen and oxygen atoms in total. The zero-order valence-electron chi connectivity index (χ0n) is 6.62. The summed E-state index contributed by atoms with van der Waals surface area (Å²) in [5, 5.41) is 0. The fourth-order valence-corrected chi connectivity index (χ4v) is 1.15. The van der Waals surface area contributed by atoms with E-state index in [0.717, 1.165) is 12.8 Å². The van der Waals surface area contributed by atoms with Crippen LogP contribution in [0.5, 0.6) is 0 Å². The number of hydrogen-bond acceptors (Lipinski definition) is 0. The van der Waals surface area contributed by atoms with Gasteiger partial charge in [0.15, 0.2) is 0 Å². The van der Waals surface area contributed by atoms with Gasteiger partial charge in [-0.1, -0.05) is 29.5 Å². The van der Waals surface area contributed by atoms with Gasteiger partial charge in [0, 0.05) is 12.8 Å². The summed E-state index contributed by atoms with van der Waals surface area (Å²) in [7, 11) is 0. The Hall–Kier alpha value is 0.290. The highest BCUT2D eigenvalue weighted by atomic mass is 127. The zero-order valence-corrected chi connectivity index (χ0v) is 8.78. The predicted octanol–water partition coefficient (Wildman–Crippen LogP) is 3.40. The van der Waals surface area contributed by atoms with Gasteiger partial charge in [-0.3, -0.25) is 0 Å². The van der Waals surface area contributed by atoms with Crippen molar-refractivity contribution in [3.63, 3.8) is 0 Å². The first-order valence-electron chi connectivity index (χ1n) is 3.93. The lowest BCUT2D eigenvalue weighted by Gasteiger charge is -1.86. The Morgan fingerprint density at radius 1 is 1.10 bits per heavy atom. The van der Waals surface area contributed by atoms with Gasteiger partial charge < -0.3 is 0 Å². The molecule has 0 unspecified atom stereocenters. The van der Waals surface area contributed by atoms with Gasteiger partial charge in [0.05, 0.1) is 0 Å². The van der Waals surface area contributed by atoms with Crippen LogP contribution >= 0.6 is 22.6 Å². The van der Waals surface area contributed by atoms with E-state index in [1.54, 1.807) is 0 Å². The molecular formula is C9H15I. The van der Waals surface area contributed by atoms with Gasteiger partial charge >= 0.3 is 0 Å². The van der Waals surface area contributed by atoms with Crippen LogP contribution in [0.15, 0.2) is 0 Å². The van der Waals surface area contributed by atoms with Crippen molar-refractivity contribution in [1.29, 1.82) is 0 Å². The van der Waals surface area contributed by atoms with Crippen LogP contribution in [-0.4, -0.2) is 4.43 Å². The van der Waals surface area contributed by atoms with Gasteiger partial charge in [-0.15, -0.1) is 11.8 Å². The summed E-state index contributed by atoms with van der Waals surface area (Å²) >= 11 is 2.41. The van der Waals surface area contributed by atoms with Gasteiger partial charge in [0.25, 0.3) is 0 Å². The number of hydrogen-bond donors (Lipinski definition) is 0. The summed E-state index contributed by atoms with van der Waals surface area (Å²) in [6.07, 6.45) is 5.97. The molecule has 0 radical (unpaired) electrons. The Morgan fingerprint density at radius 2 is 1.80 bits per heavy atom. The lowest BCUT2D eigenvalue weighted by Crippen LogP contribution is -1.73. The minimum atomic E-state index is 1.07. The molecule has 0 saturated heterocycles. The molecule has 0 fully saturated rings. The van der Waals surface area contributed by atoms with E-state index < -0.39 is 0 Å². The van der Waals surface area contributed by atoms with Crippen molar-refractivity contribution in [3.05, 3.63) is 0 Å². The van der Waals surface area contributed by atoms with Crippen LogP contribution in [0.2, 0.25) is 0 Å². The molecule has 58 valence electrons. The molecule has 0 heterocycles. The lowest BCUT2D eigenvalue weighted by atomic mass is 10.2. The van der Waals surface area contributed by atoms with Crippen LogP contribution in [0.3, 0.4) is 0 Å². The Morgan fingerprint density at radius 3 is 2.40 bits per heavy atom. The summed E-state index contributed by atoms with van der Waals surface area (Å²) in [5.74, 6) is 6.31. The van der Waals surface area contributed by atoms with Crippen LogP contribution in [-0.2, 0) is 0 Å². The number of unbranched alkanes of at least 4 members (excludes halogenated alkanes) is 3. The molecule has 0 aliphatic heterocycles. The highest BCUT2D eigenvalue weighted by Crippen LogP contribution is 1.97. The molecule has 0 aromatic heterocycles. The smallest absolute Gasteiger partial charge is 0.00889 e. The first kappa shape index (κ1) is 10.3. The fourth-order valence-electron chi connectivity index (χ4n) is 0.610. The van der Waals surface area contributed by atoms with Gasteiger partial charge in [0.2, 0.25) is 0 Å². The zero-order chi connectivity index (χ0) is 7.66. The maximum atomic E-state index is 3.17. The van der Waals surface area contributed by atoms with Crippen LogP contribution in [0, 0.1) is 11.8 Å². The molecule has 0 saturated carbocycles. The number of rotatable bonds is 4. The van der Waals surface area contributed by atoms with E-state index in [0.29, 0.717) is 0 Å². The van der Waals surface area contributed by atoms with Gasteiger partial charge in [-0.2, -0.15) is 0 Å². The SMILES string of the molecule is CCCC#CCCCCI. The van der Waals surface area contributed by atoms with Crippen LogP contribution in [0.25, 0.3) is 0 Å². The summed E-state index contributed by atoms with van der Waals surface area (Å²) in [6, 6.07) is 0. The molecule has 0 rings (SSSR count). The lowest BCUT2D eigenvalue weighted by molar-refractivity contribution is 0.843. The minimum Gasteiger partial charge on any atom is -0.103 e. The third-order valence-electron chi connectivity index (χ3n) is 1.19. The van der Waals surface area contributed by atoms with Gasteiger partial charge in [0.1, 0.15) is 0 Å². The third-order valence-corrected chi connectivity index (χ3v) is 1.95. The van der Waals surface area contributed by atoms with Crippen molar-refractivity contribution in [1.82, 2.24) is 0 Å².